The SMILES string of the molecule is [2H]C1([2H])OC(N)=N[C@]12c1cc(Br)ccc1C[C@]21CC[C@@H](OC)[C@H](C)C1. The number of hydrogen-bond acceptors (Lipinski definition) is 4. The minimum Gasteiger partial charge on any atom is -0.462 e. The van der Waals surface area contributed by atoms with Crippen molar-refractivity contribution in [2.75, 3.05) is 13.7 Å². The van der Waals surface area contributed by atoms with Crippen LogP contribution in [0.1, 0.15) is 40.1 Å². The van der Waals surface area contributed by atoms with E-state index in [2.05, 4.69) is 33.9 Å². The summed E-state index contributed by atoms with van der Waals surface area (Å²) in [5, 5.41) is 0. The van der Waals surface area contributed by atoms with Crippen LogP contribution in [0.3, 0.4) is 0 Å². The summed E-state index contributed by atoms with van der Waals surface area (Å²) in [5.74, 6) is 0.321. The van der Waals surface area contributed by atoms with Crippen LogP contribution in [0.5, 0.6) is 0 Å². The molecule has 0 radical (unpaired) electrons. The first-order valence-electron chi connectivity index (χ1n) is 9.11. The largest absolute Gasteiger partial charge is 0.462 e. The van der Waals surface area contributed by atoms with Gasteiger partial charge in [0, 0.05) is 17.0 Å². The van der Waals surface area contributed by atoms with Gasteiger partial charge in [-0.1, -0.05) is 28.9 Å². The van der Waals surface area contributed by atoms with Crippen LogP contribution in [-0.2, 0) is 21.4 Å². The summed E-state index contributed by atoms with van der Waals surface area (Å²) in [4.78, 5) is 4.65. The number of rotatable bonds is 1. The van der Waals surface area contributed by atoms with Gasteiger partial charge in [0.05, 0.1) is 8.85 Å². The molecule has 1 aliphatic heterocycles. The summed E-state index contributed by atoms with van der Waals surface area (Å²) in [6, 6.07) is 6.01. The molecule has 1 aromatic carbocycles. The van der Waals surface area contributed by atoms with Crippen molar-refractivity contribution in [2.24, 2.45) is 22.1 Å². The molecule has 1 saturated carbocycles. The quantitative estimate of drug-likeness (QED) is 0.812. The Morgan fingerprint density at radius 2 is 2.35 bits per heavy atom. The fraction of sp³-hybridized carbons (Fsp3) is 0.611. The number of nitrogens with zero attached hydrogens (tertiary/aromatic N) is 1. The zero-order valence-electron chi connectivity index (χ0n) is 15.4. The van der Waals surface area contributed by atoms with E-state index in [0.717, 1.165) is 41.3 Å². The number of ether oxygens (including phenoxy) is 2. The van der Waals surface area contributed by atoms with Crippen molar-refractivity contribution in [1.29, 1.82) is 0 Å². The van der Waals surface area contributed by atoms with Crippen molar-refractivity contribution in [3.8, 4) is 0 Å². The van der Waals surface area contributed by atoms with Crippen molar-refractivity contribution in [2.45, 2.75) is 44.2 Å². The Bertz CT molecular complexity index is 757. The van der Waals surface area contributed by atoms with E-state index in [1.165, 1.54) is 0 Å². The lowest BCUT2D eigenvalue weighted by molar-refractivity contribution is -0.0445. The van der Waals surface area contributed by atoms with Crippen molar-refractivity contribution in [3.05, 3.63) is 33.8 Å². The highest BCUT2D eigenvalue weighted by Gasteiger charge is 2.62. The maximum Gasteiger partial charge on any atom is 0.283 e. The molecule has 1 aromatic rings. The molecule has 0 saturated heterocycles. The Kier molecular flexibility index (Phi) is 3.00. The van der Waals surface area contributed by atoms with Gasteiger partial charge in [0.15, 0.2) is 0 Å². The van der Waals surface area contributed by atoms with Crippen molar-refractivity contribution in [3.63, 3.8) is 0 Å². The summed E-state index contributed by atoms with van der Waals surface area (Å²) >= 11 is 3.53. The smallest absolute Gasteiger partial charge is 0.283 e. The molecule has 3 aliphatic rings. The van der Waals surface area contributed by atoms with Crippen LogP contribution in [0.2, 0.25) is 0 Å². The number of benzene rings is 1. The Morgan fingerprint density at radius 3 is 3.00 bits per heavy atom. The summed E-state index contributed by atoms with van der Waals surface area (Å²) in [6.45, 7) is 0.211. The molecule has 2 spiro atoms. The standard InChI is InChI=1S/C18H23BrN2O2/c1-11-8-17(6-5-15(11)22-2)9-12-3-4-13(19)7-14(12)18(17)10-23-16(20)21-18/h3-4,7,11,15H,5-6,8-10H2,1-2H3,(H2,20,21)/t11-,15-,17-,18+/m1/s1/i10D2. The fourth-order valence-corrected chi connectivity index (χ4v) is 5.25. The van der Waals surface area contributed by atoms with Crippen LogP contribution in [0, 0.1) is 11.3 Å². The van der Waals surface area contributed by atoms with Crippen LogP contribution in [-0.4, -0.2) is 25.8 Å². The second kappa shape index (κ2) is 5.21. The molecule has 2 N–H and O–H groups in total. The Morgan fingerprint density at radius 1 is 1.52 bits per heavy atom. The summed E-state index contributed by atoms with van der Waals surface area (Å²) in [6.07, 6.45) is 3.54. The zero-order valence-corrected chi connectivity index (χ0v) is 15.0. The topological polar surface area (TPSA) is 56.8 Å². The molecule has 5 heteroatoms. The molecule has 4 rings (SSSR count). The van der Waals surface area contributed by atoms with Gasteiger partial charge in [-0.3, -0.25) is 0 Å². The third-order valence-electron chi connectivity index (χ3n) is 5.90. The number of halogens is 1. The predicted molar refractivity (Wildman–Crippen MR) is 93.3 cm³/mol. The van der Waals surface area contributed by atoms with Gasteiger partial charge in [-0.05, 0) is 54.9 Å². The van der Waals surface area contributed by atoms with E-state index < -0.39 is 12.1 Å². The maximum atomic E-state index is 8.69. The first kappa shape index (κ1) is 13.2. The van der Waals surface area contributed by atoms with Gasteiger partial charge in [-0.15, -0.1) is 0 Å². The van der Waals surface area contributed by atoms with Crippen molar-refractivity contribution in [1.82, 2.24) is 0 Å². The third kappa shape index (κ3) is 2.09. The first-order chi connectivity index (χ1) is 11.7. The van der Waals surface area contributed by atoms with Gasteiger partial charge in [-0.25, -0.2) is 4.99 Å². The van der Waals surface area contributed by atoms with Crippen LogP contribution in [0.4, 0.5) is 0 Å². The first-order valence-corrected chi connectivity index (χ1v) is 8.90. The molecular formula is C18H23BrN2O2. The van der Waals surface area contributed by atoms with Gasteiger partial charge in [-0.2, -0.15) is 0 Å². The van der Waals surface area contributed by atoms with E-state index in [-0.39, 0.29) is 17.5 Å². The Balaban J connectivity index is 1.92. The minimum atomic E-state index is -1.97. The lowest BCUT2D eigenvalue weighted by atomic mass is 9.59. The van der Waals surface area contributed by atoms with Gasteiger partial charge in [0.1, 0.15) is 12.1 Å². The summed E-state index contributed by atoms with van der Waals surface area (Å²) < 4.78 is 29.3. The highest BCUT2D eigenvalue weighted by Crippen LogP contribution is 2.62. The average Bonchev–Trinajstić information content (AvgIpc) is 2.93. The molecule has 0 aromatic heterocycles. The normalized spacial score (nSPS) is 42.1. The highest BCUT2D eigenvalue weighted by molar-refractivity contribution is 9.10. The molecule has 0 amide bonds. The molecule has 124 valence electrons. The number of fused-ring (bicyclic) bond motifs is 3. The van der Waals surface area contributed by atoms with E-state index in [0.29, 0.717) is 5.92 Å². The molecule has 4 nitrogen and oxygen atoms in total. The Labute approximate surface area is 148 Å². The molecule has 1 heterocycles. The highest BCUT2D eigenvalue weighted by atomic mass is 79.9. The van der Waals surface area contributed by atoms with Gasteiger partial charge < -0.3 is 15.2 Å². The molecule has 4 atom stereocenters. The van der Waals surface area contributed by atoms with Crippen molar-refractivity contribution < 1.29 is 12.2 Å². The average molecular weight is 381 g/mol. The predicted octanol–water partition coefficient (Wildman–Crippen LogP) is 3.37. The summed E-state index contributed by atoms with van der Waals surface area (Å²) in [5.41, 5.74) is 6.47. The van der Waals surface area contributed by atoms with Crippen molar-refractivity contribution >= 4 is 22.0 Å². The monoisotopic (exact) mass is 380 g/mol. The third-order valence-corrected chi connectivity index (χ3v) is 6.39. The minimum absolute atomic E-state index is 0.0567. The molecule has 23 heavy (non-hydrogen) atoms. The van der Waals surface area contributed by atoms with Gasteiger partial charge in [0.25, 0.3) is 6.02 Å². The molecule has 2 aliphatic carbocycles. The van der Waals surface area contributed by atoms with Crippen LogP contribution < -0.4 is 5.73 Å². The van der Waals surface area contributed by atoms with Crippen LogP contribution in [0.25, 0.3) is 0 Å². The summed E-state index contributed by atoms with van der Waals surface area (Å²) in [7, 11) is 1.75. The molecule has 0 bridgehead atoms. The van der Waals surface area contributed by atoms with Gasteiger partial charge >= 0.3 is 0 Å². The number of aliphatic imine (C=N–C) groups is 1. The van der Waals surface area contributed by atoms with E-state index in [4.69, 9.17) is 17.9 Å². The molecule has 1 fully saturated rings. The molecular weight excluding hydrogens is 356 g/mol. The number of methoxy groups -OCH3 is 1. The lowest BCUT2D eigenvalue weighted by Crippen LogP contribution is -2.48. The number of hydrogen-bond donors (Lipinski definition) is 1. The second-order valence-electron chi connectivity index (χ2n) is 7.12. The molecule has 0 unspecified atom stereocenters. The number of nitrogens with two attached hydrogens (primary N) is 1. The Hall–Kier alpha value is -1.07. The fourth-order valence-electron chi connectivity index (χ4n) is 4.89. The van der Waals surface area contributed by atoms with Crippen LogP contribution >= 0.6 is 15.9 Å². The van der Waals surface area contributed by atoms with E-state index in [1.54, 1.807) is 7.11 Å². The van der Waals surface area contributed by atoms with E-state index >= 15 is 0 Å². The van der Waals surface area contributed by atoms with Gasteiger partial charge in [0.2, 0.25) is 0 Å². The maximum absolute atomic E-state index is 8.69. The van der Waals surface area contributed by atoms with E-state index in [1.807, 2.05) is 12.1 Å². The van der Waals surface area contributed by atoms with Crippen LogP contribution in [0.15, 0.2) is 27.7 Å². The lowest BCUT2D eigenvalue weighted by Gasteiger charge is -2.47. The van der Waals surface area contributed by atoms with E-state index in [9.17, 15) is 0 Å². The zero-order chi connectivity index (χ0) is 18.0. The number of amidine groups is 1. The second-order valence-corrected chi connectivity index (χ2v) is 8.03.